The first kappa shape index (κ1) is 31.1. The zero-order chi connectivity index (χ0) is 31.6. The summed E-state index contributed by atoms with van der Waals surface area (Å²) in [6.45, 7) is 11.1. The van der Waals surface area contributed by atoms with Crippen molar-refractivity contribution in [3.63, 3.8) is 0 Å². The summed E-state index contributed by atoms with van der Waals surface area (Å²) < 4.78 is 42.7. The Kier molecular flexibility index (Phi) is 8.73. The molecule has 1 fully saturated rings. The number of hydrogen-bond acceptors (Lipinski definition) is 5. The number of carbonyl (C=O) groups excluding carboxylic acids is 1. The molecular formula is C32H33F3N6O2S. The van der Waals surface area contributed by atoms with E-state index in [1.807, 2.05) is 44.2 Å². The number of carbonyl (C=O) groups is 1. The molecule has 0 aliphatic carbocycles. The van der Waals surface area contributed by atoms with Gasteiger partial charge in [-0.3, -0.25) is 0 Å². The van der Waals surface area contributed by atoms with Gasteiger partial charge in [-0.15, -0.1) is 18.3 Å². The Morgan fingerprint density at radius 3 is 2.41 bits per heavy atom. The van der Waals surface area contributed by atoms with Crippen LogP contribution in [0.4, 0.5) is 23.7 Å². The molecule has 5 rings (SSSR count). The highest BCUT2D eigenvalue weighted by Crippen LogP contribution is 2.35. The number of nitrogens with zero attached hydrogens (tertiary/aromatic N) is 5. The van der Waals surface area contributed by atoms with Gasteiger partial charge in [0, 0.05) is 23.5 Å². The molecule has 0 bridgehead atoms. The maximum absolute atomic E-state index is 13.1. The number of amides is 2. The molecule has 0 saturated carbocycles. The van der Waals surface area contributed by atoms with Crippen LogP contribution in [0.2, 0.25) is 0 Å². The van der Waals surface area contributed by atoms with E-state index in [4.69, 9.17) is 0 Å². The predicted octanol–water partition coefficient (Wildman–Crippen LogP) is 7.82. The van der Waals surface area contributed by atoms with Gasteiger partial charge in [-0.25, -0.2) is 14.5 Å². The van der Waals surface area contributed by atoms with Gasteiger partial charge >= 0.3 is 12.4 Å². The highest BCUT2D eigenvalue weighted by atomic mass is 32.2. The molecule has 1 aromatic heterocycles. The van der Waals surface area contributed by atoms with Crippen molar-refractivity contribution >= 4 is 28.6 Å². The van der Waals surface area contributed by atoms with Crippen LogP contribution >= 0.6 is 11.8 Å². The van der Waals surface area contributed by atoms with E-state index in [2.05, 4.69) is 62.9 Å². The Bertz CT molecular complexity index is 1660. The molecule has 0 unspecified atom stereocenters. The summed E-state index contributed by atoms with van der Waals surface area (Å²) in [4.78, 5) is 24.1. The normalized spacial score (nSPS) is 14.8. The second-order valence-corrected chi connectivity index (χ2v) is 12.3. The SMILES string of the molecule is Cc1cccc(N2CCSC2=NC(=O)NC(C)(C)c2ccc(-c3ncn(-c4ccc(OC(F)(F)F)cc4)n3)cc2)c1C(C)C. The van der Waals surface area contributed by atoms with Crippen LogP contribution in [0.5, 0.6) is 5.75 Å². The Balaban J connectivity index is 1.27. The quantitative estimate of drug-likeness (QED) is 0.226. The third-order valence-corrected chi connectivity index (χ3v) is 8.21. The lowest BCUT2D eigenvalue weighted by Gasteiger charge is -2.27. The minimum atomic E-state index is -4.76. The zero-order valence-corrected chi connectivity index (χ0v) is 25.8. The van der Waals surface area contributed by atoms with Crippen LogP contribution in [0.25, 0.3) is 17.1 Å². The number of halogens is 3. The van der Waals surface area contributed by atoms with Crippen LogP contribution in [0.1, 0.15) is 50.3 Å². The number of thioether (sulfide) groups is 1. The van der Waals surface area contributed by atoms with Crippen molar-refractivity contribution in [3.05, 3.63) is 89.7 Å². The third-order valence-electron chi connectivity index (χ3n) is 7.25. The number of aromatic nitrogens is 3. The number of rotatable bonds is 7. The van der Waals surface area contributed by atoms with Gasteiger partial charge in [0.2, 0.25) is 0 Å². The van der Waals surface area contributed by atoms with Gasteiger partial charge < -0.3 is 15.0 Å². The van der Waals surface area contributed by atoms with Gasteiger partial charge in [-0.2, -0.15) is 4.99 Å². The Morgan fingerprint density at radius 2 is 1.75 bits per heavy atom. The molecule has 4 aromatic rings. The Morgan fingerprint density at radius 1 is 1.05 bits per heavy atom. The fourth-order valence-electron chi connectivity index (χ4n) is 5.18. The summed E-state index contributed by atoms with van der Waals surface area (Å²) in [7, 11) is 0. The number of nitrogens with one attached hydrogen (secondary N) is 1. The zero-order valence-electron chi connectivity index (χ0n) is 25.0. The molecule has 12 heteroatoms. The highest BCUT2D eigenvalue weighted by Gasteiger charge is 2.31. The molecule has 44 heavy (non-hydrogen) atoms. The average Bonchev–Trinajstić information content (AvgIpc) is 3.62. The standard InChI is InChI=1S/C32H33F3N6O2S/c1-20(2)27-21(3)7-6-8-26(27)40-17-18-44-30(40)37-29(42)38-31(4,5)23-11-9-22(10-12-23)28-36-19-41(39-28)24-13-15-25(16-14-24)43-32(33,34)35/h6-16,19-20H,17-18H2,1-5H3,(H,38,42). The van der Waals surface area contributed by atoms with Crippen LogP contribution in [-0.4, -0.2) is 44.6 Å². The monoisotopic (exact) mass is 622 g/mol. The highest BCUT2D eigenvalue weighted by molar-refractivity contribution is 8.14. The van der Waals surface area contributed by atoms with E-state index in [1.54, 1.807) is 11.8 Å². The molecule has 0 atom stereocenters. The van der Waals surface area contributed by atoms with Crippen LogP contribution < -0.4 is 15.0 Å². The van der Waals surface area contributed by atoms with E-state index in [0.717, 1.165) is 29.1 Å². The maximum atomic E-state index is 13.1. The lowest BCUT2D eigenvalue weighted by Crippen LogP contribution is -2.40. The summed E-state index contributed by atoms with van der Waals surface area (Å²) in [6.07, 6.45) is -3.27. The first-order valence-corrected chi connectivity index (χ1v) is 15.1. The van der Waals surface area contributed by atoms with E-state index in [9.17, 15) is 18.0 Å². The van der Waals surface area contributed by atoms with Crippen molar-refractivity contribution < 1.29 is 22.7 Å². The van der Waals surface area contributed by atoms with Crippen molar-refractivity contribution in [2.24, 2.45) is 4.99 Å². The maximum Gasteiger partial charge on any atom is 0.573 e. The van der Waals surface area contributed by atoms with Crippen LogP contribution in [-0.2, 0) is 5.54 Å². The van der Waals surface area contributed by atoms with Gasteiger partial charge in [0.05, 0.1) is 11.2 Å². The van der Waals surface area contributed by atoms with Gasteiger partial charge in [0.15, 0.2) is 11.0 Å². The molecular weight excluding hydrogens is 589 g/mol. The predicted molar refractivity (Wildman–Crippen MR) is 168 cm³/mol. The van der Waals surface area contributed by atoms with Crippen LogP contribution in [0.15, 0.2) is 78.0 Å². The lowest BCUT2D eigenvalue weighted by atomic mass is 9.93. The van der Waals surface area contributed by atoms with E-state index < -0.39 is 17.9 Å². The minimum absolute atomic E-state index is 0.316. The number of hydrogen-bond donors (Lipinski definition) is 1. The number of amidine groups is 1. The number of benzene rings is 3. The molecule has 0 radical (unpaired) electrons. The van der Waals surface area contributed by atoms with Gasteiger partial charge in [0.1, 0.15) is 12.1 Å². The molecule has 1 aliphatic rings. The van der Waals surface area contributed by atoms with E-state index in [-0.39, 0.29) is 5.75 Å². The fraction of sp³-hybridized carbons (Fsp3) is 0.312. The molecule has 1 saturated heterocycles. The molecule has 1 aliphatic heterocycles. The van der Waals surface area contributed by atoms with Gasteiger partial charge in [-0.05, 0) is 73.7 Å². The van der Waals surface area contributed by atoms with E-state index in [1.165, 1.54) is 46.4 Å². The lowest BCUT2D eigenvalue weighted by molar-refractivity contribution is -0.274. The first-order chi connectivity index (χ1) is 20.8. The number of aryl methyl sites for hydroxylation is 1. The molecule has 2 amide bonds. The summed E-state index contributed by atoms with van der Waals surface area (Å²) in [5.74, 6) is 1.31. The number of alkyl halides is 3. The first-order valence-electron chi connectivity index (χ1n) is 14.1. The number of urea groups is 1. The number of anilines is 1. The summed E-state index contributed by atoms with van der Waals surface area (Å²) in [5, 5.41) is 8.18. The average molecular weight is 623 g/mol. The summed E-state index contributed by atoms with van der Waals surface area (Å²) in [5.41, 5.74) is 5.00. The smallest absolute Gasteiger partial charge is 0.406 e. The van der Waals surface area contributed by atoms with Crippen molar-refractivity contribution in [3.8, 4) is 22.8 Å². The van der Waals surface area contributed by atoms with E-state index in [0.29, 0.717) is 22.6 Å². The minimum Gasteiger partial charge on any atom is -0.406 e. The van der Waals surface area contributed by atoms with Crippen molar-refractivity contribution in [2.45, 2.75) is 52.4 Å². The second-order valence-electron chi connectivity index (χ2n) is 11.2. The van der Waals surface area contributed by atoms with Crippen LogP contribution in [0, 0.1) is 6.92 Å². The summed E-state index contributed by atoms with van der Waals surface area (Å²) in [6, 6.07) is 18.7. The molecule has 2 heterocycles. The largest absolute Gasteiger partial charge is 0.573 e. The molecule has 3 aromatic carbocycles. The molecule has 230 valence electrons. The van der Waals surface area contributed by atoms with Crippen molar-refractivity contribution in [1.82, 2.24) is 20.1 Å². The number of ether oxygens (including phenoxy) is 1. The van der Waals surface area contributed by atoms with Crippen molar-refractivity contribution in [1.29, 1.82) is 0 Å². The Labute approximate surface area is 258 Å². The summed E-state index contributed by atoms with van der Waals surface area (Å²) >= 11 is 1.57. The topological polar surface area (TPSA) is 84.6 Å². The fourth-order valence-corrected chi connectivity index (χ4v) is 6.13. The van der Waals surface area contributed by atoms with E-state index >= 15 is 0 Å². The van der Waals surface area contributed by atoms with Crippen LogP contribution in [0.3, 0.4) is 0 Å². The second kappa shape index (κ2) is 12.4. The Hall–Kier alpha value is -4.32. The van der Waals surface area contributed by atoms with Gasteiger partial charge in [0.25, 0.3) is 0 Å². The molecule has 8 nitrogen and oxygen atoms in total. The molecule has 0 spiro atoms. The molecule has 1 N–H and O–H groups in total. The number of aliphatic imine (C=N–C) groups is 1. The van der Waals surface area contributed by atoms with Gasteiger partial charge in [-0.1, -0.05) is 62.0 Å². The van der Waals surface area contributed by atoms with Crippen molar-refractivity contribution in [2.75, 3.05) is 17.2 Å². The third kappa shape index (κ3) is 7.07.